The first-order valence-corrected chi connectivity index (χ1v) is 11.5. The highest BCUT2D eigenvalue weighted by Gasteiger charge is 2.50. The highest BCUT2D eigenvalue weighted by molar-refractivity contribution is 6.07. The summed E-state index contributed by atoms with van der Waals surface area (Å²) in [5, 5.41) is 3.22. The van der Waals surface area contributed by atoms with Gasteiger partial charge in [0.2, 0.25) is 5.91 Å². The van der Waals surface area contributed by atoms with Crippen molar-refractivity contribution >= 4 is 17.5 Å². The van der Waals surface area contributed by atoms with Gasteiger partial charge >= 0.3 is 0 Å². The number of likely N-dealkylation sites (N-methyl/N-ethyl adjacent to an activating group) is 1. The molecular formula is C25H33N5O2. The molecule has 7 nitrogen and oxygen atoms in total. The lowest BCUT2D eigenvalue weighted by atomic mass is 9.86. The summed E-state index contributed by atoms with van der Waals surface area (Å²) >= 11 is 0. The maximum atomic E-state index is 14.0. The molecule has 2 amide bonds. The van der Waals surface area contributed by atoms with Crippen LogP contribution in [0.3, 0.4) is 0 Å². The Morgan fingerprint density at radius 2 is 1.84 bits per heavy atom. The maximum Gasteiger partial charge on any atom is 0.253 e. The van der Waals surface area contributed by atoms with E-state index in [1.807, 2.05) is 48.2 Å². The van der Waals surface area contributed by atoms with Crippen LogP contribution in [-0.4, -0.2) is 71.4 Å². The van der Waals surface area contributed by atoms with E-state index in [1.54, 1.807) is 12.4 Å². The smallest absolute Gasteiger partial charge is 0.253 e. The van der Waals surface area contributed by atoms with E-state index in [4.69, 9.17) is 0 Å². The molecule has 4 rings (SSSR count). The van der Waals surface area contributed by atoms with Crippen LogP contribution in [0.2, 0.25) is 0 Å². The minimum absolute atomic E-state index is 0.0873. The van der Waals surface area contributed by atoms with Gasteiger partial charge in [-0.25, -0.2) is 0 Å². The second kappa shape index (κ2) is 9.38. The van der Waals surface area contributed by atoms with Gasteiger partial charge in [-0.15, -0.1) is 0 Å². The van der Waals surface area contributed by atoms with Gasteiger partial charge in [0.1, 0.15) is 0 Å². The van der Waals surface area contributed by atoms with E-state index >= 15 is 0 Å². The van der Waals surface area contributed by atoms with E-state index < -0.39 is 5.54 Å². The molecule has 1 N–H and O–H groups in total. The second-order valence-electron chi connectivity index (χ2n) is 8.98. The molecular weight excluding hydrogens is 402 g/mol. The SMILES string of the molecule is CCN(CC)CCN1C(=O)[C@@H]2CN(Cc3ccncc3)C[C@]2(C)NC(=O)c2ccccc21. The van der Waals surface area contributed by atoms with Gasteiger partial charge in [0.05, 0.1) is 22.7 Å². The fraction of sp³-hybridized carbons (Fsp3) is 0.480. The predicted molar refractivity (Wildman–Crippen MR) is 125 cm³/mol. The van der Waals surface area contributed by atoms with E-state index in [1.165, 1.54) is 0 Å². The molecule has 0 unspecified atom stereocenters. The number of pyridine rings is 1. The van der Waals surface area contributed by atoms with Crippen molar-refractivity contribution in [3.8, 4) is 0 Å². The predicted octanol–water partition coefficient (Wildman–Crippen LogP) is 2.39. The average Bonchev–Trinajstić information content (AvgIpc) is 3.11. The first-order valence-electron chi connectivity index (χ1n) is 11.5. The van der Waals surface area contributed by atoms with Gasteiger partial charge in [-0.3, -0.25) is 19.5 Å². The molecule has 3 heterocycles. The molecule has 0 bridgehead atoms. The van der Waals surface area contributed by atoms with Gasteiger partial charge in [0.15, 0.2) is 0 Å². The number of aromatic nitrogens is 1. The summed E-state index contributed by atoms with van der Waals surface area (Å²) < 4.78 is 0. The van der Waals surface area contributed by atoms with Crippen LogP contribution in [0, 0.1) is 5.92 Å². The number of likely N-dealkylation sites (tertiary alicyclic amines) is 1. The quantitative estimate of drug-likeness (QED) is 0.723. The molecule has 1 aromatic carbocycles. The molecule has 0 radical (unpaired) electrons. The van der Waals surface area contributed by atoms with Gasteiger partial charge in [-0.05, 0) is 49.8 Å². The Morgan fingerprint density at radius 1 is 1.12 bits per heavy atom. The largest absolute Gasteiger partial charge is 0.345 e. The van der Waals surface area contributed by atoms with Crippen LogP contribution < -0.4 is 10.2 Å². The van der Waals surface area contributed by atoms with Crippen molar-refractivity contribution in [2.75, 3.05) is 44.2 Å². The molecule has 2 aliphatic heterocycles. The third-order valence-corrected chi connectivity index (χ3v) is 6.85. The summed E-state index contributed by atoms with van der Waals surface area (Å²) in [4.78, 5) is 37.8. The van der Waals surface area contributed by atoms with Gasteiger partial charge < -0.3 is 15.1 Å². The van der Waals surface area contributed by atoms with Crippen molar-refractivity contribution in [1.82, 2.24) is 20.1 Å². The molecule has 1 fully saturated rings. The van der Waals surface area contributed by atoms with E-state index in [2.05, 4.69) is 33.9 Å². The number of nitrogens with one attached hydrogen (secondary N) is 1. The van der Waals surface area contributed by atoms with E-state index in [9.17, 15) is 9.59 Å². The summed E-state index contributed by atoms with van der Waals surface area (Å²) in [5.41, 5.74) is 1.80. The van der Waals surface area contributed by atoms with E-state index in [0.717, 1.165) is 31.7 Å². The lowest BCUT2D eigenvalue weighted by Crippen LogP contribution is -2.59. The van der Waals surface area contributed by atoms with Gasteiger partial charge in [0.25, 0.3) is 5.91 Å². The Bertz CT molecular complexity index is 962. The number of carbonyl (C=O) groups is 2. The first-order chi connectivity index (χ1) is 15.4. The summed E-state index contributed by atoms with van der Waals surface area (Å²) in [5.74, 6) is -0.332. The highest BCUT2D eigenvalue weighted by atomic mass is 16.2. The molecule has 0 spiro atoms. The van der Waals surface area contributed by atoms with Gasteiger partial charge in [0, 0.05) is 45.1 Å². The molecule has 0 saturated carbocycles. The summed E-state index contributed by atoms with van der Waals surface area (Å²) in [6, 6.07) is 11.5. The number of nitrogens with zero attached hydrogens (tertiary/aromatic N) is 4. The molecule has 170 valence electrons. The Kier molecular flexibility index (Phi) is 6.58. The zero-order valence-electron chi connectivity index (χ0n) is 19.3. The van der Waals surface area contributed by atoms with Crippen molar-refractivity contribution in [2.24, 2.45) is 5.92 Å². The molecule has 1 aromatic heterocycles. The van der Waals surface area contributed by atoms with Crippen LogP contribution in [0.15, 0.2) is 48.8 Å². The Labute approximate surface area is 190 Å². The van der Waals surface area contributed by atoms with Crippen molar-refractivity contribution in [2.45, 2.75) is 32.9 Å². The zero-order valence-corrected chi connectivity index (χ0v) is 19.3. The Hall–Kier alpha value is -2.77. The molecule has 2 aromatic rings. The second-order valence-corrected chi connectivity index (χ2v) is 8.98. The molecule has 0 aliphatic carbocycles. The number of fused-ring (bicyclic) bond motifs is 2. The lowest BCUT2D eigenvalue weighted by Gasteiger charge is -2.38. The van der Waals surface area contributed by atoms with Crippen molar-refractivity contribution < 1.29 is 9.59 Å². The van der Waals surface area contributed by atoms with Crippen LogP contribution >= 0.6 is 0 Å². The van der Waals surface area contributed by atoms with Crippen molar-refractivity contribution in [1.29, 1.82) is 0 Å². The molecule has 7 heteroatoms. The molecule has 2 aliphatic rings. The first kappa shape index (κ1) is 22.4. The molecule has 1 saturated heterocycles. The van der Waals surface area contributed by atoms with Gasteiger partial charge in [-0.2, -0.15) is 0 Å². The van der Waals surface area contributed by atoms with Gasteiger partial charge in [-0.1, -0.05) is 26.0 Å². The minimum Gasteiger partial charge on any atom is -0.345 e. The lowest BCUT2D eigenvalue weighted by molar-refractivity contribution is -0.123. The van der Waals surface area contributed by atoms with E-state index in [0.29, 0.717) is 30.9 Å². The third-order valence-electron chi connectivity index (χ3n) is 6.85. The average molecular weight is 436 g/mol. The van der Waals surface area contributed by atoms with E-state index in [-0.39, 0.29) is 17.7 Å². The molecule has 2 atom stereocenters. The number of hydrogen-bond donors (Lipinski definition) is 1. The normalized spacial score (nSPS) is 23.5. The number of amides is 2. The Balaban J connectivity index is 1.65. The van der Waals surface area contributed by atoms with Crippen molar-refractivity contribution in [3.63, 3.8) is 0 Å². The maximum absolute atomic E-state index is 14.0. The number of benzene rings is 1. The van der Waals surface area contributed by atoms with Crippen LogP contribution in [0.5, 0.6) is 0 Å². The summed E-state index contributed by atoms with van der Waals surface area (Å²) in [6.07, 6.45) is 3.57. The topological polar surface area (TPSA) is 68.8 Å². The van der Waals surface area contributed by atoms with Crippen molar-refractivity contribution in [3.05, 3.63) is 59.9 Å². The third kappa shape index (κ3) is 4.40. The summed E-state index contributed by atoms with van der Waals surface area (Å²) in [7, 11) is 0. The minimum atomic E-state index is -0.623. The molecule has 32 heavy (non-hydrogen) atoms. The zero-order chi connectivity index (χ0) is 22.7. The highest BCUT2D eigenvalue weighted by Crippen LogP contribution is 2.35. The van der Waals surface area contributed by atoms with Crippen LogP contribution in [-0.2, 0) is 11.3 Å². The number of rotatable bonds is 7. The number of para-hydroxylation sites is 1. The number of anilines is 1. The van der Waals surface area contributed by atoms with Crippen LogP contribution in [0.1, 0.15) is 36.7 Å². The summed E-state index contributed by atoms with van der Waals surface area (Å²) in [6.45, 7) is 11.5. The standard InChI is InChI=1S/C25H33N5O2/c1-4-28(5-2)14-15-30-22-9-7-6-8-20(22)23(31)27-25(3)18-29(17-21(25)24(30)32)16-19-10-12-26-13-11-19/h6-13,21H,4-5,14-18H2,1-3H3,(H,27,31)/t21-,25-/m0/s1. The van der Waals surface area contributed by atoms with Crippen LogP contribution in [0.25, 0.3) is 0 Å². The fourth-order valence-electron chi connectivity index (χ4n) is 4.99. The number of carbonyl (C=O) groups excluding carboxylic acids is 2. The Morgan fingerprint density at radius 3 is 2.56 bits per heavy atom. The monoisotopic (exact) mass is 435 g/mol. The fourth-order valence-corrected chi connectivity index (χ4v) is 4.99. The number of hydrogen-bond acceptors (Lipinski definition) is 5. The van der Waals surface area contributed by atoms with Crippen LogP contribution in [0.4, 0.5) is 5.69 Å².